The fourth-order valence-electron chi connectivity index (χ4n) is 3.90. The van der Waals surface area contributed by atoms with E-state index in [9.17, 15) is 4.79 Å². The van der Waals surface area contributed by atoms with Gasteiger partial charge in [0.1, 0.15) is 17.5 Å². The van der Waals surface area contributed by atoms with Gasteiger partial charge in [0.2, 0.25) is 11.1 Å². The molecule has 5 rings (SSSR count). The van der Waals surface area contributed by atoms with Gasteiger partial charge in [0.25, 0.3) is 0 Å². The number of nitrogens with zero attached hydrogens (tertiary/aromatic N) is 3. The fraction of sp³-hybridized carbons (Fsp3) is 0.227. The van der Waals surface area contributed by atoms with E-state index in [1.165, 1.54) is 11.8 Å². The Morgan fingerprint density at radius 1 is 1.10 bits per heavy atom. The summed E-state index contributed by atoms with van der Waals surface area (Å²) in [6.45, 7) is 0. The standard InChI is InChI=1S/C22H20N4O2S/c1-29-22-24-21-23-17-11-6-12-18(27)19(17)20(26(21)25-22)14-7-5-10-16(13-14)28-15-8-3-2-4-9-15/h2-5,7-10,13,20H,6,11-12H2,1H3,(H,23,24,25). The molecule has 7 heteroatoms. The fourth-order valence-corrected chi connectivity index (χ4v) is 4.25. The van der Waals surface area contributed by atoms with Crippen LogP contribution >= 0.6 is 11.8 Å². The summed E-state index contributed by atoms with van der Waals surface area (Å²) in [5.41, 5.74) is 2.72. The molecule has 2 heterocycles. The summed E-state index contributed by atoms with van der Waals surface area (Å²) < 4.78 is 7.85. The Balaban J connectivity index is 1.59. The minimum absolute atomic E-state index is 0.171. The molecule has 0 fully saturated rings. The van der Waals surface area contributed by atoms with Crippen molar-refractivity contribution in [3.63, 3.8) is 0 Å². The number of Topliss-reactive ketones (excluding diaryl/α,β-unsaturated/α-hetero) is 1. The van der Waals surface area contributed by atoms with Crippen molar-refractivity contribution in [2.75, 3.05) is 11.6 Å². The monoisotopic (exact) mass is 404 g/mol. The van der Waals surface area contributed by atoms with Crippen molar-refractivity contribution in [2.24, 2.45) is 0 Å². The first-order valence-corrected chi connectivity index (χ1v) is 10.8. The van der Waals surface area contributed by atoms with E-state index in [1.807, 2.05) is 65.5 Å². The van der Waals surface area contributed by atoms with E-state index in [-0.39, 0.29) is 11.8 Å². The van der Waals surface area contributed by atoms with Gasteiger partial charge in [-0.15, -0.1) is 5.10 Å². The summed E-state index contributed by atoms with van der Waals surface area (Å²) in [6, 6.07) is 17.2. The van der Waals surface area contributed by atoms with Gasteiger partial charge in [-0.3, -0.25) is 4.79 Å². The second-order valence-electron chi connectivity index (χ2n) is 7.05. The van der Waals surface area contributed by atoms with Crippen LogP contribution in [0.2, 0.25) is 0 Å². The number of fused-ring (bicyclic) bond motifs is 1. The Hall–Kier alpha value is -3.06. The van der Waals surface area contributed by atoms with E-state index >= 15 is 0 Å². The van der Waals surface area contributed by atoms with Gasteiger partial charge in [0, 0.05) is 17.7 Å². The minimum atomic E-state index is -0.304. The maximum Gasteiger partial charge on any atom is 0.227 e. The number of ketones is 1. The van der Waals surface area contributed by atoms with E-state index in [2.05, 4.69) is 15.4 Å². The van der Waals surface area contributed by atoms with Crippen molar-refractivity contribution in [3.05, 3.63) is 71.4 Å². The van der Waals surface area contributed by atoms with E-state index in [0.717, 1.165) is 41.2 Å². The highest BCUT2D eigenvalue weighted by molar-refractivity contribution is 7.98. The maximum atomic E-state index is 12.9. The molecule has 2 aliphatic rings. The first-order chi connectivity index (χ1) is 14.2. The van der Waals surface area contributed by atoms with Gasteiger partial charge in [-0.25, -0.2) is 4.68 Å². The molecule has 0 saturated carbocycles. The number of carbonyl (C=O) groups excluding carboxylic acids is 1. The third-order valence-electron chi connectivity index (χ3n) is 5.18. The van der Waals surface area contributed by atoms with E-state index in [4.69, 9.17) is 4.74 Å². The highest BCUT2D eigenvalue weighted by atomic mass is 32.2. The molecule has 1 N–H and O–H groups in total. The van der Waals surface area contributed by atoms with Crippen LogP contribution in [0.5, 0.6) is 11.5 Å². The zero-order chi connectivity index (χ0) is 19.8. The number of hydrogen-bond donors (Lipinski definition) is 1. The molecule has 29 heavy (non-hydrogen) atoms. The number of para-hydroxylation sites is 1. The van der Waals surface area contributed by atoms with Gasteiger partial charge in [-0.2, -0.15) is 4.98 Å². The van der Waals surface area contributed by atoms with Crippen LogP contribution in [0, 0.1) is 0 Å². The predicted molar refractivity (Wildman–Crippen MR) is 112 cm³/mol. The summed E-state index contributed by atoms with van der Waals surface area (Å²) >= 11 is 1.49. The van der Waals surface area contributed by atoms with E-state index in [0.29, 0.717) is 17.5 Å². The molecule has 2 aromatic carbocycles. The average Bonchev–Trinajstić information content (AvgIpc) is 3.16. The Morgan fingerprint density at radius 2 is 1.93 bits per heavy atom. The van der Waals surface area contributed by atoms with Crippen molar-refractivity contribution < 1.29 is 9.53 Å². The van der Waals surface area contributed by atoms with Crippen molar-refractivity contribution in [1.29, 1.82) is 0 Å². The lowest BCUT2D eigenvalue weighted by molar-refractivity contribution is -0.116. The number of nitrogens with one attached hydrogen (secondary N) is 1. The molecule has 146 valence electrons. The van der Waals surface area contributed by atoms with Crippen LogP contribution in [0.3, 0.4) is 0 Å². The van der Waals surface area contributed by atoms with Gasteiger partial charge < -0.3 is 10.1 Å². The number of benzene rings is 2. The summed E-state index contributed by atoms with van der Waals surface area (Å²) in [7, 11) is 0. The molecule has 1 unspecified atom stereocenters. The molecule has 0 radical (unpaired) electrons. The average molecular weight is 404 g/mol. The van der Waals surface area contributed by atoms with Crippen LogP contribution in [0.1, 0.15) is 30.9 Å². The number of allylic oxidation sites excluding steroid dienone is 2. The third kappa shape index (κ3) is 3.31. The highest BCUT2D eigenvalue weighted by Gasteiger charge is 2.36. The molecule has 0 amide bonds. The molecular weight excluding hydrogens is 384 g/mol. The normalized spacial score (nSPS) is 18.1. The number of rotatable bonds is 4. The largest absolute Gasteiger partial charge is 0.457 e. The SMILES string of the molecule is CSc1nc2n(n1)C(c1cccc(Oc3ccccc3)c1)C1=C(CCCC1=O)N2. The molecule has 3 aromatic rings. The summed E-state index contributed by atoms with van der Waals surface area (Å²) in [5, 5.41) is 8.67. The number of hydrogen-bond acceptors (Lipinski definition) is 6. The predicted octanol–water partition coefficient (Wildman–Crippen LogP) is 4.81. The first-order valence-electron chi connectivity index (χ1n) is 9.59. The maximum absolute atomic E-state index is 12.9. The van der Waals surface area contributed by atoms with Crippen LogP contribution < -0.4 is 10.1 Å². The van der Waals surface area contributed by atoms with Crippen molar-refractivity contribution in [1.82, 2.24) is 14.8 Å². The quantitative estimate of drug-likeness (QED) is 0.629. The molecule has 0 saturated heterocycles. The molecule has 0 spiro atoms. The van der Waals surface area contributed by atoms with Crippen LogP contribution in [0.25, 0.3) is 0 Å². The topological polar surface area (TPSA) is 69.0 Å². The lowest BCUT2D eigenvalue weighted by atomic mass is 9.85. The molecule has 1 aliphatic heterocycles. The zero-order valence-electron chi connectivity index (χ0n) is 16.0. The number of carbonyl (C=O) groups is 1. The van der Waals surface area contributed by atoms with Crippen LogP contribution in [0.15, 0.2) is 71.0 Å². The van der Waals surface area contributed by atoms with E-state index < -0.39 is 0 Å². The Labute approximate surface area is 173 Å². The third-order valence-corrected chi connectivity index (χ3v) is 5.72. The van der Waals surface area contributed by atoms with Crippen LogP contribution in [-0.4, -0.2) is 26.8 Å². The second kappa shape index (κ2) is 7.40. The lowest BCUT2D eigenvalue weighted by Gasteiger charge is -2.32. The number of ether oxygens (including phenoxy) is 1. The smallest absolute Gasteiger partial charge is 0.227 e. The van der Waals surface area contributed by atoms with Gasteiger partial charge >= 0.3 is 0 Å². The molecule has 0 bridgehead atoms. The molecule has 1 aliphatic carbocycles. The van der Waals surface area contributed by atoms with Gasteiger partial charge in [0.15, 0.2) is 5.78 Å². The Kier molecular flexibility index (Phi) is 4.60. The van der Waals surface area contributed by atoms with Gasteiger partial charge in [-0.05, 0) is 48.9 Å². The molecule has 1 atom stereocenters. The minimum Gasteiger partial charge on any atom is -0.457 e. The van der Waals surface area contributed by atoms with Crippen molar-refractivity contribution in [3.8, 4) is 11.5 Å². The zero-order valence-corrected chi connectivity index (χ0v) is 16.8. The van der Waals surface area contributed by atoms with Gasteiger partial charge in [0.05, 0.1) is 0 Å². The Morgan fingerprint density at radius 3 is 2.76 bits per heavy atom. The number of aromatic nitrogens is 3. The molecule has 1 aromatic heterocycles. The number of thioether (sulfide) groups is 1. The van der Waals surface area contributed by atoms with Crippen LogP contribution in [0.4, 0.5) is 5.95 Å². The van der Waals surface area contributed by atoms with Crippen molar-refractivity contribution in [2.45, 2.75) is 30.5 Å². The highest BCUT2D eigenvalue weighted by Crippen LogP contribution is 2.41. The lowest BCUT2D eigenvalue weighted by Crippen LogP contribution is -2.31. The first kappa shape index (κ1) is 18.0. The summed E-state index contributed by atoms with van der Waals surface area (Å²) in [6.07, 6.45) is 4.22. The molecular formula is C22H20N4O2S. The van der Waals surface area contributed by atoms with Crippen molar-refractivity contribution >= 4 is 23.5 Å². The Bertz CT molecular complexity index is 1110. The second-order valence-corrected chi connectivity index (χ2v) is 7.82. The molecule has 6 nitrogen and oxygen atoms in total. The number of anilines is 1. The summed E-state index contributed by atoms with van der Waals surface area (Å²) in [4.78, 5) is 17.5. The van der Waals surface area contributed by atoms with E-state index in [1.54, 1.807) is 0 Å². The summed E-state index contributed by atoms with van der Waals surface area (Å²) in [5.74, 6) is 2.35. The van der Waals surface area contributed by atoms with Gasteiger partial charge in [-0.1, -0.05) is 42.1 Å². The van der Waals surface area contributed by atoms with Crippen LogP contribution in [-0.2, 0) is 4.79 Å².